The van der Waals surface area contributed by atoms with E-state index in [1.807, 2.05) is 0 Å². The zero-order valence-electron chi connectivity index (χ0n) is 11.0. The first-order valence-corrected chi connectivity index (χ1v) is 7.99. The molecule has 1 N–H and O–H groups in total. The molecule has 0 amide bonds. The summed E-state index contributed by atoms with van der Waals surface area (Å²) in [5.74, 6) is -0.639. The molecule has 0 unspecified atom stereocenters. The predicted molar refractivity (Wildman–Crippen MR) is 74.8 cm³/mol. The van der Waals surface area contributed by atoms with Gasteiger partial charge in [0.05, 0.1) is 15.0 Å². The van der Waals surface area contributed by atoms with Crippen molar-refractivity contribution in [2.24, 2.45) is 0 Å². The van der Waals surface area contributed by atoms with E-state index in [1.165, 1.54) is 26.0 Å². The molecule has 4 nitrogen and oxygen atoms in total. The predicted octanol–water partition coefficient (Wildman–Crippen LogP) is 2.37. The number of hydrogen-bond acceptors (Lipinski definition) is 3. The Balaban J connectivity index is 3.17. The molecule has 0 saturated heterocycles. The van der Waals surface area contributed by atoms with E-state index in [0.29, 0.717) is 0 Å². The number of likely N-dealkylation sites (N-methyl/N-ethyl adjacent to an activating group) is 1. The molecule has 0 aromatic heterocycles. The van der Waals surface area contributed by atoms with Crippen LogP contribution in [0.15, 0.2) is 27.6 Å². The largest absolute Gasteiger partial charge is 0.389 e. The van der Waals surface area contributed by atoms with E-state index >= 15 is 0 Å². The average molecular weight is 354 g/mol. The van der Waals surface area contributed by atoms with E-state index in [4.69, 9.17) is 0 Å². The van der Waals surface area contributed by atoms with Crippen molar-refractivity contribution in [1.82, 2.24) is 4.31 Å². The number of rotatable bonds is 5. The second kappa shape index (κ2) is 5.87. The van der Waals surface area contributed by atoms with Crippen LogP contribution in [0.5, 0.6) is 0 Å². The zero-order chi connectivity index (χ0) is 14.8. The first-order chi connectivity index (χ1) is 8.58. The fraction of sp³-hybridized carbons (Fsp3) is 0.500. The number of benzene rings is 1. The van der Waals surface area contributed by atoms with Crippen LogP contribution in [0.4, 0.5) is 4.39 Å². The minimum Gasteiger partial charge on any atom is -0.389 e. The van der Waals surface area contributed by atoms with E-state index in [1.54, 1.807) is 6.92 Å². The van der Waals surface area contributed by atoms with Crippen molar-refractivity contribution in [2.75, 3.05) is 13.1 Å². The van der Waals surface area contributed by atoms with E-state index < -0.39 is 21.4 Å². The first-order valence-electron chi connectivity index (χ1n) is 5.75. The highest BCUT2D eigenvalue weighted by atomic mass is 79.9. The summed E-state index contributed by atoms with van der Waals surface area (Å²) >= 11 is 2.98. The van der Waals surface area contributed by atoms with Gasteiger partial charge in [0.15, 0.2) is 0 Å². The Kier molecular flexibility index (Phi) is 5.11. The minimum atomic E-state index is -3.81. The molecule has 19 heavy (non-hydrogen) atoms. The molecule has 0 spiro atoms. The SMILES string of the molecule is CCN(CC(C)(C)O)S(=O)(=O)c1ccc(Br)c(F)c1. The Morgan fingerprint density at radius 2 is 2.00 bits per heavy atom. The smallest absolute Gasteiger partial charge is 0.243 e. The van der Waals surface area contributed by atoms with Crippen LogP contribution in [0.1, 0.15) is 20.8 Å². The molecule has 0 saturated carbocycles. The lowest BCUT2D eigenvalue weighted by Crippen LogP contribution is -2.42. The van der Waals surface area contributed by atoms with Crippen LogP contribution >= 0.6 is 15.9 Å². The molecule has 0 aliphatic rings. The molecule has 0 radical (unpaired) electrons. The van der Waals surface area contributed by atoms with Crippen molar-refractivity contribution in [1.29, 1.82) is 0 Å². The minimum absolute atomic E-state index is 0.0521. The molecule has 0 fully saturated rings. The third-order valence-corrected chi connectivity index (χ3v) is 5.00. The second-order valence-electron chi connectivity index (χ2n) is 4.82. The molecule has 1 aromatic carbocycles. The van der Waals surface area contributed by atoms with Crippen molar-refractivity contribution in [2.45, 2.75) is 31.3 Å². The van der Waals surface area contributed by atoms with Gasteiger partial charge in [0, 0.05) is 13.1 Å². The zero-order valence-corrected chi connectivity index (χ0v) is 13.4. The Morgan fingerprint density at radius 1 is 1.42 bits per heavy atom. The van der Waals surface area contributed by atoms with Crippen LogP contribution in [0, 0.1) is 5.82 Å². The normalized spacial score (nSPS) is 13.0. The number of sulfonamides is 1. The van der Waals surface area contributed by atoms with Crippen molar-refractivity contribution in [3.8, 4) is 0 Å². The van der Waals surface area contributed by atoms with Crippen molar-refractivity contribution in [3.05, 3.63) is 28.5 Å². The summed E-state index contributed by atoms with van der Waals surface area (Å²) in [6.07, 6.45) is 0. The van der Waals surface area contributed by atoms with Gasteiger partial charge in [-0.1, -0.05) is 6.92 Å². The lowest BCUT2D eigenvalue weighted by molar-refractivity contribution is 0.0601. The van der Waals surface area contributed by atoms with Gasteiger partial charge in [-0.05, 0) is 48.0 Å². The quantitative estimate of drug-likeness (QED) is 0.883. The molecule has 0 aliphatic carbocycles. The van der Waals surface area contributed by atoms with Crippen molar-refractivity contribution >= 4 is 26.0 Å². The van der Waals surface area contributed by atoms with E-state index in [2.05, 4.69) is 15.9 Å². The van der Waals surface area contributed by atoms with Gasteiger partial charge in [0.1, 0.15) is 5.82 Å². The van der Waals surface area contributed by atoms with Gasteiger partial charge >= 0.3 is 0 Å². The molecule has 1 rings (SSSR count). The topological polar surface area (TPSA) is 57.6 Å². The summed E-state index contributed by atoms with van der Waals surface area (Å²) in [4.78, 5) is -0.126. The van der Waals surface area contributed by atoms with Crippen molar-refractivity contribution in [3.63, 3.8) is 0 Å². The maximum Gasteiger partial charge on any atom is 0.243 e. The summed E-state index contributed by atoms with van der Waals surface area (Å²) in [5.41, 5.74) is -1.16. The fourth-order valence-electron chi connectivity index (χ4n) is 1.58. The molecule has 0 atom stereocenters. The lowest BCUT2D eigenvalue weighted by atomic mass is 10.1. The maximum atomic E-state index is 13.4. The molecule has 0 bridgehead atoms. The highest BCUT2D eigenvalue weighted by Crippen LogP contribution is 2.23. The van der Waals surface area contributed by atoms with Crippen LogP contribution in [0.2, 0.25) is 0 Å². The van der Waals surface area contributed by atoms with Gasteiger partial charge in [-0.2, -0.15) is 4.31 Å². The molecular weight excluding hydrogens is 337 g/mol. The van der Waals surface area contributed by atoms with Gasteiger partial charge in [0.25, 0.3) is 0 Å². The Bertz CT molecular complexity index is 555. The fourth-order valence-corrected chi connectivity index (χ4v) is 3.45. The van der Waals surface area contributed by atoms with Gasteiger partial charge in [-0.25, -0.2) is 12.8 Å². The number of halogens is 2. The van der Waals surface area contributed by atoms with Gasteiger partial charge < -0.3 is 5.11 Å². The number of hydrogen-bond donors (Lipinski definition) is 1. The standard InChI is InChI=1S/C12H17BrFNO3S/c1-4-15(8-12(2,3)16)19(17,18)9-5-6-10(13)11(14)7-9/h5-7,16H,4,8H2,1-3H3. The molecule has 108 valence electrons. The van der Waals surface area contributed by atoms with Gasteiger partial charge in [-0.3, -0.25) is 0 Å². The summed E-state index contributed by atoms with van der Waals surface area (Å²) < 4.78 is 39.4. The third-order valence-electron chi connectivity index (χ3n) is 2.44. The van der Waals surface area contributed by atoms with E-state index in [9.17, 15) is 17.9 Å². The molecule has 0 heterocycles. The summed E-state index contributed by atoms with van der Waals surface area (Å²) in [7, 11) is -3.81. The monoisotopic (exact) mass is 353 g/mol. The third kappa shape index (κ3) is 4.24. The summed E-state index contributed by atoms with van der Waals surface area (Å²) in [6, 6.07) is 3.64. The molecule has 1 aromatic rings. The first kappa shape index (κ1) is 16.6. The maximum absolute atomic E-state index is 13.4. The van der Waals surface area contributed by atoms with Crippen LogP contribution in [-0.4, -0.2) is 36.5 Å². The van der Waals surface area contributed by atoms with E-state index in [0.717, 1.165) is 10.4 Å². The molecular formula is C12H17BrFNO3S. The summed E-state index contributed by atoms with van der Waals surface area (Å²) in [5, 5.41) is 9.74. The average Bonchev–Trinajstić information content (AvgIpc) is 2.28. The van der Waals surface area contributed by atoms with Crippen LogP contribution in [-0.2, 0) is 10.0 Å². The van der Waals surface area contributed by atoms with E-state index in [-0.39, 0.29) is 22.5 Å². The van der Waals surface area contributed by atoms with Crippen molar-refractivity contribution < 1.29 is 17.9 Å². The molecule has 7 heteroatoms. The summed E-state index contributed by atoms with van der Waals surface area (Å²) in [6.45, 7) is 4.85. The highest BCUT2D eigenvalue weighted by molar-refractivity contribution is 9.10. The van der Waals surface area contributed by atoms with Crippen LogP contribution in [0.25, 0.3) is 0 Å². The molecule has 0 aliphatic heterocycles. The second-order valence-corrected chi connectivity index (χ2v) is 7.61. The Hall–Kier alpha value is -0.500. The highest BCUT2D eigenvalue weighted by Gasteiger charge is 2.28. The van der Waals surface area contributed by atoms with Gasteiger partial charge in [0.2, 0.25) is 10.0 Å². The Labute approximate surface area is 121 Å². The van der Waals surface area contributed by atoms with Gasteiger partial charge in [-0.15, -0.1) is 0 Å². The Morgan fingerprint density at radius 3 is 2.42 bits per heavy atom. The number of nitrogens with zero attached hydrogens (tertiary/aromatic N) is 1. The van der Waals surface area contributed by atoms with Crippen LogP contribution in [0.3, 0.4) is 0 Å². The number of aliphatic hydroxyl groups is 1. The lowest BCUT2D eigenvalue weighted by Gasteiger charge is -2.27. The van der Waals surface area contributed by atoms with Crippen LogP contribution < -0.4 is 0 Å².